The summed E-state index contributed by atoms with van der Waals surface area (Å²) in [6, 6.07) is 9.25. The number of hydrogen-bond donors (Lipinski definition) is 1. The Morgan fingerprint density at radius 2 is 1.44 bits per heavy atom. The van der Waals surface area contributed by atoms with Gasteiger partial charge < -0.3 is 14.6 Å². The van der Waals surface area contributed by atoms with Gasteiger partial charge >= 0.3 is 6.18 Å². The predicted octanol–water partition coefficient (Wildman–Crippen LogP) is 10.7. The van der Waals surface area contributed by atoms with Crippen LogP contribution in [0.2, 0.25) is 0 Å². The zero-order valence-corrected chi connectivity index (χ0v) is 27.1. The average molecular weight is 635 g/mol. The van der Waals surface area contributed by atoms with Gasteiger partial charge in [0.25, 0.3) is 12.4 Å². The molecule has 0 aliphatic heterocycles. The van der Waals surface area contributed by atoms with Crippen LogP contribution < -0.4 is 5.32 Å². The van der Waals surface area contributed by atoms with Crippen molar-refractivity contribution in [3.8, 4) is 11.3 Å². The van der Waals surface area contributed by atoms with E-state index in [1.54, 1.807) is 0 Å². The van der Waals surface area contributed by atoms with Crippen molar-refractivity contribution >= 4 is 29.7 Å². The smallest absolute Gasteiger partial charge is 0.418 e. The highest BCUT2D eigenvalue weighted by molar-refractivity contribution is 6.15. The third-order valence-corrected chi connectivity index (χ3v) is 4.96. The summed E-state index contributed by atoms with van der Waals surface area (Å²) in [7, 11) is 1.31. The molecule has 0 bridgehead atoms. The normalized spacial score (nSPS) is 9.28. The van der Waals surface area contributed by atoms with Crippen LogP contribution in [-0.4, -0.2) is 24.1 Å². The summed E-state index contributed by atoms with van der Waals surface area (Å²) in [5, 5.41) is 2.32. The van der Waals surface area contributed by atoms with Gasteiger partial charge in [0.05, 0.1) is 24.4 Å². The molecular formula is C32H44ClF5N2O3. The number of aromatic nitrogens is 1. The number of rotatable bonds is 6. The average Bonchev–Trinajstić information content (AvgIpc) is 3.37. The van der Waals surface area contributed by atoms with E-state index in [1.165, 1.54) is 42.9 Å². The molecule has 1 aromatic heterocycles. The number of hydrogen-bond acceptors (Lipinski definition) is 3. The van der Waals surface area contributed by atoms with Crippen molar-refractivity contribution in [3.63, 3.8) is 0 Å². The van der Waals surface area contributed by atoms with E-state index in [0.29, 0.717) is 12.2 Å². The lowest BCUT2D eigenvalue weighted by Gasteiger charge is -2.13. The van der Waals surface area contributed by atoms with E-state index < -0.39 is 34.8 Å². The van der Waals surface area contributed by atoms with Crippen LogP contribution >= 0.6 is 11.6 Å². The number of anilines is 1. The van der Waals surface area contributed by atoms with Gasteiger partial charge in [-0.3, -0.25) is 9.59 Å². The van der Waals surface area contributed by atoms with Crippen molar-refractivity contribution in [2.24, 2.45) is 0 Å². The molecule has 3 aromatic rings. The number of nitrogens with one attached hydrogen (secondary N) is 1. The Morgan fingerprint density at radius 1 is 1.00 bits per heavy atom. The molecule has 5 nitrogen and oxygen atoms in total. The van der Waals surface area contributed by atoms with Crippen LogP contribution in [0, 0.1) is 18.6 Å². The molecule has 11 heteroatoms. The highest BCUT2D eigenvalue weighted by Crippen LogP contribution is 2.39. The van der Waals surface area contributed by atoms with Gasteiger partial charge in [-0.05, 0) is 49.2 Å². The second-order valence-electron chi connectivity index (χ2n) is 7.25. The number of halogens is 6. The van der Waals surface area contributed by atoms with E-state index in [2.05, 4.69) is 23.6 Å². The zero-order chi connectivity index (χ0) is 34.2. The maximum absolute atomic E-state index is 13.7. The third-order valence-electron chi connectivity index (χ3n) is 4.72. The first-order valence-electron chi connectivity index (χ1n) is 13.7. The number of allylic oxidation sites excluding steroid dienone is 1. The maximum atomic E-state index is 13.7. The van der Waals surface area contributed by atoms with Gasteiger partial charge in [0.2, 0.25) is 0 Å². The Labute approximate surface area is 257 Å². The second-order valence-corrected chi connectivity index (χ2v) is 7.49. The largest absolute Gasteiger partial charge is 0.471 e. The van der Waals surface area contributed by atoms with E-state index in [9.17, 15) is 26.7 Å². The summed E-state index contributed by atoms with van der Waals surface area (Å²) in [4.78, 5) is 21.1. The number of ether oxygens (including phenoxy) is 1. The quantitative estimate of drug-likeness (QED) is 0.127. The fraction of sp³-hybridized carbons (Fsp3) is 0.375. The molecule has 1 heterocycles. The summed E-state index contributed by atoms with van der Waals surface area (Å²) >= 11 is 5.82. The highest BCUT2D eigenvalue weighted by Gasteiger charge is 2.36. The minimum Gasteiger partial charge on any atom is -0.471 e. The molecule has 0 saturated heterocycles. The number of carbonyl (C=O) groups is 2. The number of nitrogens with zero attached hydrogens (tertiary/aromatic N) is 1. The first-order valence-corrected chi connectivity index (χ1v) is 14.3. The molecule has 0 atom stereocenters. The van der Waals surface area contributed by atoms with Gasteiger partial charge in [0, 0.05) is 11.4 Å². The van der Waals surface area contributed by atoms with Crippen molar-refractivity contribution in [1.29, 1.82) is 0 Å². The SMILES string of the molecule is C=CCC.CC.CC.CC.COC=O.Cc1cc(C(F)(F)F)c(-c2ccc(NC(=O)c3c(F)cccc3F)cc2)n1CCl. The van der Waals surface area contributed by atoms with Crippen LogP contribution in [0.15, 0.2) is 61.2 Å². The number of aryl methyl sites for hydroxylation is 1. The van der Waals surface area contributed by atoms with Crippen LogP contribution in [0.4, 0.5) is 27.6 Å². The molecule has 0 radical (unpaired) electrons. The Kier molecular flexibility index (Phi) is 25.4. The summed E-state index contributed by atoms with van der Waals surface area (Å²) in [5.74, 6) is -3.06. The monoisotopic (exact) mass is 634 g/mol. The maximum Gasteiger partial charge on any atom is 0.418 e. The van der Waals surface area contributed by atoms with E-state index in [0.717, 1.165) is 30.7 Å². The first-order chi connectivity index (χ1) is 20.5. The summed E-state index contributed by atoms with van der Waals surface area (Å²) < 4.78 is 72.8. The lowest BCUT2D eigenvalue weighted by Crippen LogP contribution is -2.15. The van der Waals surface area contributed by atoms with E-state index in [4.69, 9.17) is 16.4 Å². The highest BCUT2D eigenvalue weighted by atomic mass is 35.5. The minimum atomic E-state index is -4.58. The predicted molar refractivity (Wildman–Crippen MR) is 167 cm³/mol. The van der Waals surface area contributed by atoms with Gasteiger partial charge in [-0.1, -0.05) is 72.7 Å². The molecule has 242 valence electrons. The molecule has 0 unspecified atom stereocenters. The Bertz CT molecular complexity index is 1170. The van der Waals surface area contributed by atoms with Crippen LogP contribution in [0.25, 0.3) is 11.3 Å². The van der Waals surface area contributed by atoms with Gasteiger partial charge in [-0.2, -0.15) is 13.2 Å². The van der Waals surface area contributed by atoms with Crippen LogP contribution in [0.3, 0.4) is 0 Å². The fourth-order valence-electron chi connectivity index (χ4n) is 2.98. The molecule has 0 aliphatic rings. The number of amides is 1. The van der Waals surface area contributed by atoms with Gasteiger partial charge in [-0.15, -0.1) is 18.2 Å². The molecule has 0 fully saturated rings. The van der Waals surface area contributed by atoms with Crippen LogP contribution in [0.5, 0.6) is 0 Å². The second kappa shape index (κ2) is 24.9. The van der Waals surface area contributed by atoms with Crippen LogP contribution in [0.1, 0.15) is 76.5 Å². The molecule has 0 saturated carbocycles. The van der Waals surface area contributed by atoms with E-state index >= 15 is 0 Å². The van der Waals surface area contributed by atoms with Crippen molar-refractivity contribution in [3.05, 3.63) is 89.6 Å². The number of benzene rings is 2. The Morgan fingerprint density at radius 3 is 1.79 bits per heavy atom. The standard InChI is InChI=1S/C20H14ClF5N2O.C4H8.C2H4O2.3C2H6/c1-11-9-14(20(24,25)26)18(28(11)10-21)12-5-7-13(8-6-12)27-19(29)17-15(22)3-2-4-16(17)23;1-3-4-2;1-4-2-3;3*1-2/h2-9H,10H2,1H3,(H,27,29);3H,1,4H2,2H3;2H,1H3;3*1-2H3. The first kappa shape index (κ1) is 43.8. The van der Waals surface area contributed by atoms with Gasteiger partial charge in [-0.25, -0.2) is 8.78 Å². The van der Waals surface area contributed by atoms with Crippen molar-refractivity contribution in [1.82, 2.24) is 4.57 Å². The molecule has 1 amide bonds. The summed E-state index contributed by atoms with van der Waals surface area (Å²) in [5.41, 5.74) is -0.960. The number of alkyl halides is 4. The minimum absolute atomic E-state index is 0.108. The van der Waals surface area contributed by atoms with E-state index in [-0.39, 0.29) is 22.9 Å². The van der Waals surface area contributed by atoms with Gasteiger partial charge in [0.1, 0.15) is 17.2 Å². The summed E-state index contributed by atoms with van der Waals surface area (Å²) in [6.07, 6.45) is -1.62. The molecule has 3 rings (SSSR count). The van der Waals surface area contributed by atoms with Crippen molar-refractivity contribution in [2.45, 2.75) is 74.0 Å². The topological polar surface area (TPSA) is 60.3 Å². The molecular weight excluding hydrogens is 591 g/mol. The molecule has 43 heavy (non-hydrogen) atoms. The number of methoxy groups -OCH3 is 1. The Balaban J connectivity index is -0.000000977. The fourth-order valence-corrected chi connectivity index (χ4v) is 3.29. The van der Waals surface area contributed by atoms with Gasteiger partial charge in [0.15, 0.2) is 0 Å². The Hall–Kier alpha value is -3.66. The molecule has 2 aromatic carbocycles. The lowest BCUT2D eigenvalue weighted by atomic mass is 10.1. The molecule has 0 spiro atoms. The van der Waals surface area contributed by atoms with Crippen molar-refractivity contribution < 1.29 is 36.3 Å². The zero-order valence-electron chi connectivity index (χ0n) is 26.3. The summed E-state index contributed by atoms with van der Waals surface area (Å²) in [6.45, 7) is 19.4. The van der Waals surface area contributed by atoms with Crippen molar-refractivity contribution in [2.75, 3.05) is 12.4 Å². The number of carbonyl (C=O) groups excluding carboxylic acids is 2. The third kappa shape index (κ3) is 14.9. The molecule has 1 N–H and O–H groups in total. The lowest BCUT2D eigenvalue weighted by molar-refractivity contribution is -0.137. The van der Waals surface area contributed by atoms with E-state index in [1.807, 2.05) is 47.6 Å². The molecule has 0 aliphatic carbocycles. The van der Waals surface area contributed by atoms with Crippen LogP contribution in [-0.2, 0) is 21.7 Å².